The van der Waals surface area contributed by atoms with E-state index in [-0.39, 0.29) is 5.91 Å². The Morgan fingerprint density at radius 1 is 1.17 bits per heavy atom. The van der Waals surface area contributed by atoms with E-state index in [0.717, 1.165) is 53.4 Å². The van der Waals surface area contributed by atoms with Gasteiger partial charge in [0.25, 0.3) is 0 Å². The third-order valence-electron chi connectivity index (χ3n) is 5.95. The van der Waals surface area contributed by atoms with Gasteiger partial charge < -0.3 is 9.88 Å². The molecule has 152 valence electrons. The predicted octanol–water partition coefficient (Wildman–Crippen LogP) is 4.36. The smallest absolute Gasteiger partial charge is 0.233 e. The average molecular weight is 410 g/mol. The largest absolute Gasteiger partial charge is 0.360 e. The van der Waals surface area contributed by atoms with Gasteiger partial charge in [-0.05, 0) is 37.2 Å². The second-order valence-electron chi connectivity index (χ2n) is 8.69. The van der Waals surface area contributed by atoms with Gasteiger partial charge in [-0.15, -0.1) is 10.2 Å². The van der Waals surface area contributed by atoms with E-state index in [1.54, 1.807) is 0 Å². The second-order valence-corrected chi connectivity index (χ2v) is 9.63. The van der Waals surface area contributed by atoms with E-state index in [2.05, 4.69) is 45.7 Å². The average Bonchev–Trinajstić information content (AvgIpc) is 3.31. The van der Waals surface area contributed by atoms with E-state index >= 15 is 0 Å². The van der Waals surface area contributed by atoms with Crippen LogP contribution in [0.2, 0.25) is 0 Å². The van der Waals surface area contributed by atoms with Crippen molar-refractivity contribution in [1.82, 2.24) is 24.6 Å². The number of likely N-dealkylation sites (tertiary alicyclic amines) is 1. The van der Waals surface area contributed by atoms with Gasteiger partial charge in [-0.25, -0.2) is 0 Å². The monoisotopic (exact) mass is 409 g/mol. The van der Waals surface area contributed by atoms with Crippen molar-refractivity contribution in [3.8, 4) is 11.4 Å². The molecule has 1 saturated carbocycles. The van der Waals surface area contributed by atoms with Crippen molar-refractivity contribution in [1.29, 1.82) is 0 Å². The lowest BCUT2D eigenvalue weighted by Gasteiger charge is -2.34. The molecule has 1 aliphatic carbocycles. The topological polar surface area (TPSA) is 66.8 Å². The summed E-state index contributed by atoms with van der Waals surface area (Å²) in [6, 6.07) is 8.71. The van der Waals surface area contributed by atoms with Crippen LogP contribution in [0.15, 0.2) is 35.6 Å². The number of thioether (sulfide) groups is 1. The van der Waals surface area contributed by atoms with Crippen LogP contribution in [0.3, 0.4) is 0 Å². The summed E-state index contributed by atoms with van der Waals surface area (Å²) < 4.78 is 2.25. The number of fused-ring (bicyclic) bond motifs is 1. The highest BCUT2D eigenvalue weighted by Gasteiger charge is 2.32. The molecule has 2 fully saturated rings. The maximum atomic E-state index is 12.8. The highest BCUT2D eigenvalue weighted by molar-refractivity contribution is 7.99. The van der Waals surface area contributed by atoms with E-state index in [1.807, 2.05) is 23.2 Å². The Morgan fingerprint density at radius 3 is 2.69 bits per heavy atom. The third-order valence-corrected chi connectivity index (χ3v) is 6.88. The van der Waals surface area contributed by atoms with Crippen LogP contribution < -0.4 is 0 Å². The maximum Gasteiger partial charge on any atom is 0.233 e. The minimum absolute atomic E-state index is 0.215. The van der Waals surface area contributed by atoms with Crippen molar-refractivity contribution in [2.75, 3.05) is 18.8 Å². The number of carbonyl (C=O) groups is 1. The number of carbonyl (C=O) groups excluding carboxylic acids is 1. The van der Waals surface area contributed by atoms with Crippen LogP contribution in [0.25, 0.3) is 22.3 Å². The highest BCUT2D eigenvalue weighted by atomic mass is 32.2. The number of nitrogens with one attached hydrogen (secondary N) is 1. The quantitative estimate of drug-likeness (QED) is 0.636. The SMILES string of the molecule is C[C@@H]1C[C@@H](C)CN(C(=O)CSc2nnc(-c3c[nH]c4ccccc34)n2C2CC2)C1. The van der Waals surface area contributed by atoms with E-state index in [9.17, 15) is 4.79 Å². The fraction of sp³-hybridized carbons (Fsp3) is 0.500. The number of benzene rings is 1. The number of piperidine rings is 1. The summed E-state index contributed by atoms with van der Waals surface area (Å²) in [5.41, 5.74) is 2.18. The molecule has 7 heteroatoms. The molecular formula is C22H27N5OS. The first-order valence-corrected chi connectivity index (χ1v) is 11.5. The summed E-state index contributed by atoms with van der Waals surface area (Å²) in [7, 11) is 0. The van der Waals surface area contributed by atoms with Crippen LogP contribution in [0.1, 0.15) is 39.2 Å². The van der Waals surface area contributed by atoms with Crippen molar-refractivity contribution < 1.29 is 4.79 Å². The van der Waals surface area contributed by atoms with Gasteiger partial charge >= 0.3 is 0 Å². The Morgan fingerprint density at radius 2 is 1.93 bits per heavy atom. The molecule has 6 nitrogen and oxygen atoms in total. The van der Waals surface area contributed by atoms with Crippen LogP contribution in [-0.2, 0) is 4.79 Å². The summed E-state index contributed by atoms with van der Waals surface area (Å²) in [6.07, 6.45) is 5.52. The molecule has 3 aromatic rings. The predicted molar refractivity (Wildman–Crippen MR) is 116 cm³/mol. The summed E-state index contributed by atoms with van der Waals surface area (Å²) in [4.78, 5) is 18.2. The molecule has 1 saturated heterocycles. The summed E-state index contributed by atoms with van der Waals surface area (Å²) >= 11 is 1.53. The molecule has 3 heterocycles. The van der Waals surface area contributed by atoms with Crippen molar-refractivity contribution in [3.63, 3.8) is 0 Å². The lowest BCUT2D eigenvalue weighted by molar-refractivity contribution is -0.130. The van der Waals surface area contributed by atoms with Crippen LogP contribution >= 0.6 is 11.8 Å². The van der Waals surface area contributed by atoms with Gasteiger partial charge in [-0.1, -0.05) is 43.8 Å². The lowest BCUT2D eigenvalue weighted by atomic mass is 9.92. The van der Waals surface area contributed by atoms with Crippen molar-refractivity contribution in [2.45, 2.75) is 44.3 Å². The summed E-state index contributed by atoms with van der Waals surface area (Å²) in [5, 5.41) is 11.0. The highest BCUT2D eigenvalue weighted by Crippen LogP contribution is 2.42. The van der Waals surface area contributed by atoms with Gasteiger partial charge in [0.15, 0.2) is 11.0 Å². The Kier molecular flexibility index (Phi) is 4.86. The minimum atomic E-state index is 0.215. The molecule has 1 amide bonds. The van der Waals surface area contributed by atoms with E-state index in [0.29, 0.717) is 23.6 Å². The van der Waals surface area contributed by atoms with Crippen molar-refractivity contribution in [3.05, 3.63) is 30.5 Å². The molecule has 1 aliphatic heterocycles. The number of aromatic nitrogens is 4. The fourth-order valence-corrected chi connectivity index (χ4v) is 5.47. The molecule has 29 heavy (non-hydrogen) atoms. The molecule has 2 aromatic heterocycles. The van der Waals surface area contributed by atoms with Crippen LogP contribution in [-0.4, -0.2) is 49.4 Å². The Labute approximate surface area is 175 Å². The number of hydrogen-bond acceptors (Lipinski definition) is 4. The molecule has 0 unspecified atom stereocenters. The van der Waals surface area contributed by atoms with E-state index < -0.39 is 0 Å². The summed E-state index contributed by atoms with van der Waals surface area (Å²) in [6.45, 7) is 6.22. The molecule has 2 aliphatic rings. The zero-order valence-electron chi connectivity index (χ0n) is 17.0. The van der Waals surface area contributed by atoms with Crippen LogP contribution in [0.4, 0.5) is 0 Å². The number of nitrogens with zero attached hydrogens (tertiary/aromatic N) is 4. The van der Waals surface area contributed by atoms with Gasteiger partial charge in [0, 0.05) is 41.8 Å². The Hall–Kier alpha value is -2.28. The first-order valence-electron chi connectivity index (χ1n) is 10.5. The first kappa shape index (κ1) is 18.7. The second kappa shape index (κ2) is 7.52. The molecule has 1 aromatic carbocycles. The molecule has 2 atom stereocenters. The van der Waals surface area contributed by atoms with Gasteiger partial charge in [0.05, 0.1) is 5.75 Å². The number of para-hydroxylation sites is 1. The minimum Gasteiger partial charge on any atom is -0.360 e. The number of aromatic amines is 1. The van der Waals surface area contributed by atoms with Gasteiger partial charge in [0.2, 0.25) is 5.91 Å². The first-order chi connectivity index (χ1) is 14.1. The molecule has 0 bridgehead atoms. The molecule has 0 radical (unpaired) electrons. The standard InChI is InChI=1S/C22H27N5OS/c1-14-9-15(2)12-26(11-14)20(28)13-29-22-25-24-21(27(22)16-7-8-16)18-10-23-19-6-4-3-5-17(18)19/h3-6,10,14-16,23H,7-9,11-13H2,1-2H3/t14-,15-/m1/s1. The number of rotatable bonds is 5. The van der Waals surface area contributed by atoms with Gasteiger partial charge in [0.1, 0.15) is 0 Å². The van der Waals surface area contributed by atoms with Crippen molar-refractivity contribution in [2.24, 2.45) is 11.8 Å². The number of hydrogen-bond donors (Lipinski definition) is 1. The Balaban J connectivity index is 1.37. The van der Waals surface area contributed by atoms with Gasteiger partial charge in [-0.3, -0.25) is 9.36 Å². The van der Waals surface area contributed by atoms with Crippen LogP contribution in [0, 0.1) is 11.8 Å². The zero-order valence-corrected chi connectivity index (χ0v) is 17.8. The van der Waals surface area contributed by atoms with Crippen LogP contribution in [0.5, 0.6) is 0 Å². The summed E-state index contributed by atoms with van der Waals surface area (Å²) in [5.74, 6) is 2.71. The van der Waals surface area contributed by atoms with E-state index in [4.69, 9.17) is 0 Å². The fourth-order valence-electron chi connectivity index (χ4n) is 4.56. The number of H-pyrrole nitrogens is 1. The van der Waals surface area contributed by atoms with E-state index in [1.165, 1.54) is 18.2 Å². The molecule has 0 spiro atoms. The Bertz CT molecular complexity index is 1030. The lowest BCUT2D eigenvalue weighted by Crippen LogP contribution is -2.43. The zero-order chi connectivity index (χ0) is 20.0. The molecule has 5 rings (SSSR count). The van der Waals surface area contributed by atoms with Crippen molar-refractivity contribution >= 4 is 28.6 Å². The maximum absolute atomic E-state index is 12.8. The van der Waals surface area contributed by atoms with Gasteiger partial charge in [-0.2, -0.15) is 0 Å². The number of amides is 1. The molecule has 1 N–H and O–H groups in total. The normalized spacial score (nSPS) is 22.3. The third kappa shape index (κ3) is 3.68. The molecular weight excluding hydrogens is 382 g/mol.